The third kappa shape index (κ3) is 2.26. The molecule has 1 aromatic heterocycles. The van der Waals surface area contributed by atoms with Gasteiger partial charge < -0.3 is 0 Å². The molecule has 0 atom stereocenters. The van der Waals surface area contributed by atoms with E-state index in [1.54, 1.807) is 0 Å². The van der Waals surface area contributed by atoms with Crippen molar-refractivity contribution in [1.82, 2.24) is 4.98 Å². The molecule has 0 amide bonds. The molecule has 2 N–H and O–H groups in total. The van der Waals surface area contributed by atoms with E-state index in [1.807, 2.05) is 0 Å². The lowest BCUT2D eigenvalue weighted by atomic mass is 10.1. The van der Waals surface area contributed by atoms with Crippen molar-refractivity contribution in [2.24, 2.45) is 5.14 Å². The predicted molar refractivity (Wildman–Crippen MR) is 45.3 cm³/mol. The van der Waals surface area contributed by atoms with Crippen LogP contribution in [0.25, 0.3) is 0 Å². The quantitative estimate of drug-likeness (QED) is 0.841. The van der Waals surface area contributed by atoms with Gasteiger partial charge in [0, 0.05) is 0 Å². The van der Waals surface area contributed by atoms with Gasteiger partial charge in [-0.3, -0.25) is 0 Å². The van der Waals surface area contributed by atoms with Gasteiger partial charge in [-0.2, -0.15) is 0 Å². The topological polar surface area (TPSA) is 73.0 Å². The maximum atomic E-state index is 12.9. The molecule has 84 valence electrons. The highest BCUT2D eigenvalue weighted by molar-refractivity contribution is 7.89. The summed E-state index contributed by atoms with van der Waals surface area (Å²) in [5.74, 6) is -1.00. The first-order chi connectivity index (χ1) is 6.75. The number of nitrogens with zero attached hydrogens (tertiary/aromatic N) is 1. The molecule has 0 aliphatic rings. The van der Waals surface area contributed by atoms with Crippen molar-refractivity contribution in [3.8, 4) is 0 Å². The van der Waals surface area contributed by atoms with Crippen LogP contribution in [0.5, 0.6) is 0 Å². The molecule has 15 heavy (non-hydrogen) atoms. The Bertz CT molecular complexity index is 487. The van der Waals surface area contributed by atoms with Crippen LogP contribution in [0.4, 0.5) is 13.2 Å². The van der Waals surface area contributed by atoms with Gasteiger partial charge in [0.25, 0.3) is 16.4 Å². The SMILES string of the molecule is Cc1c(F)cnc(S(N)(=O)=O)c1C(F)F. The fourth-order valence-electron chi connectivity index (χ4n) is 1.05. The van der Waals surface area contributed by atoms with Crippen molar-refractivity contribution in [1.29, 1.82) is 0 Å². The van der Waals surface area contributed by atoms with Crippen LogP contribution in [0.3, 0.4) is 0 Å². The van der Waals surface area contributed by atoms with Gasteiger partial charge >= 0.3 is 0 Å². The first kappa shape index (κ1) is 11.9. The van der Waals surface area contributed by atoms with E-state index in [4.69, 9.17) is 0 Å². The average Bonchev–Trinajstić information content (AvgIpc) is 2.06. The van der Waals surface area contributed by atoms with Crippen LogP contribution >= 0.6 is 0 Å². The summed E-state index contributed by atoms with van der Waals surface area (Å²) in [5, 5.41) is 3.68. The van der Waals surface area contributed by atoms with Crippen LogP contribution in [-0.2, 0) is 10.0 Å². The van der Waals surface area contributed by atoms with Crippen LogP contribution in [0.2, 0.25) is 0 Å². The number of sulfonamides is 1. The lowest BCUT2D eigenvalue weighted by Crippen LogP contribution is -2.18. The number of alkyl halides is 2. The number of primary sulfonamides is 1. The van der Waals surface area contributed by atoms with E-state index < -0.39 is 38.4 Å². The number of nitrogens with two attached hydrogens (primary N) is 1. The summed E-state index contributed by atoms with van der Waals surface area (Å²) in [6, 6.07) is 0. The molecule has 0 fully saturated rings. The zero-order chi connectivity index (χ0) is 11.8. The molecule has 0 unspecified atom stereocenters. The van der Waals surface area contributed by atoms with E-state index in [9.17, 15) is 21.6 Å². The van der Waals surface area contributed by atoms with Crippen molar-refractivity contribution >= 4 is 10.0 Å². The summed E-state index contributed by atoms with van der Waals surface area (Å²) in [6.45, 7) is 1.03. The minimum atomic E-state index is -4.38. The number of aromatic nitrogens is 1. The smallest absolute Gasteiger partial charge is 0.240 e. The molecular weight excluding hydrogens is 233 g/mol. The summed E-state index contributed by atoms with van der Waals surface area (Å²) in [6.07, 6.45) is -2.61. The Morgan fingerprint density at radius 2 is 2.00 bits per heavy atom. The van der Waals surface area contributed by atoms with Crippen molar-refractivity contribution in [3.63, 3.8) is 0 Å². The van der Waals surface area contributed by atoms with Crippen molar-refractivity contribution in [2.45, 2.75) is 18.4 Å². The highest BCUT2D eigenvalue weighted by atomic mass is 32.2. The average molecular weight is 240 g/mol. The molecule has 0 aliphatic carbocycles. The Morgan fingerprint density at radius 1 is 1.47 bits per heavy atom. The van der Waals surface area contributed by atoms with Crippen molar-refractivity contribution in [2.75, 3.05) is 0 Å². The first-order valence-corrected chi connectivity index (χ1v) is 5.25. The number of rotatable bonds is 2. The second-order valence-electron chi connectivity index (χ2n) is 2.80. The van der Waals surface area contributed by atoms with Gasteiger partial charge in [0.15, 0.2) is 5.03 Å². The standard InChI is InChI=1S/C7H7F3N2O2S/c1-3-4(8)2-12-7(15(11,13)14)5(3)6(9)10/h2,6H,1H3,(H2,11,13,14). The van der Waals surface area contributed by atoms with Gasteiger partial charge in [0.1, 0.15) is 5.82 Å². The van der Waals surface area contributed by atoms with Gasteiger partial charge in [-0.25, -0.2) is 31.7 Å². The second kappa shape index (κ2) is 3.78. The Labute approximate surface area is 84.0 Å². The van der Waals surface area contributed by atoms with E-state index >= 15 is 0 Å². The highest BCUT2D eigenvalue weighted by Crippen LogP contribution is 2.28. The van der Waals surface area contributed by atoms with Crippen molar-refractivity contribution in [3.05, 3.63) is 23.1 Å². The van der Waals surface area contributed by atoms with Crippen LogP contribution < -0.4 is 5.14 Å². The number of pyridine rings is 1. The zero-order valence-electron chi connectivity index (χ0n) is 7.54. The molecule has 0 spiro atoms. The molecule has 0 radical (unpaired) electrons. The summed E-state index contributed by atoms with van der Waals surface area (Å²) in [5.41, 5.74) is -1.46. The van der Waals surface area contributed by atoms with Crippen LogP contribution in [-0.4, -0.2) is 13.4 Å². The Hall–Kier alpha value is -1.15. The lowest BCUT2D eigenvalue weighted by Gasteiger charge is -2.09. The van der Waals surface area contributed by atoms with Crippen molar-refractivity contribution < 1.29 is 21.6 Å². The molecule has 8 heteroatoms. The molecule has 0 saturated carbocycles. The minimum absolute atomic E-state index is 0.468. The van der Waals surface area contributed by atoms with E-state index in [0.717, 1.165) is 6.92 Å². The third-order valence-electron chi connectivity index (χ3n) is 1.78. The van der Waals surface area contributed by atoms with Gasteiger partial charge in [-0.05, 0) is 12.5 Å². The van der Waals surface area contributed by atoms with Gasteiger partial charge in [-0.1, -0.05) is 0 Å². The maximum Gasteiger partial charge on any atom is 0.267 e. The molecule has 1 aromatic rings. The number of halogens is 3. The van der Waals surface area contributed by atoms with E-state index in [-0.39, 0.29) is 0 Å². The number of hydrogen-bond acceptors (Lipinski definition) is 3. The summed E-state index contributed by atoms with van der Waals surface area (Å²) >= 11 is 0. The fraction of sp³-hybridized carbons (Fsp3) is 0.286. The molecule has 4 nitrogen and oxygen atoms in total. The van der Waals surface area contributed by atoms with Crippen LogP contribution in [0.15, 0.2) is 11.2 Å². The Balaban J connectivity index is 3.62. The largest absolute Gasteiger partial charge is 0.267 e. The monoisotopic (exact) mass is 240 g/mol. The summed E-state index contributed by atoms with van der Waals surface area (Å²) < 4.78 is 59.6. The Morgan fingerprint density at radius 3 is 2.40 bits per heavy atom. The van der Waals surface area contributed by atoms with E-state index in [0.29, 0.717) is 6.20 Å². The second-order valence-corrected chi connectivity index (χ2v) is 4.27. The molecule has 1 heterocycles. The summed E-state index contributed by atoms with van der Waals surface area (Å²) in [4.78, 5) is 3.06. The molecule has 0 aromatic carbocycles. The summed E-state index contributed by atoms with van der Waals surface area (Å²) in [7, 11) is -4.38. The van der Waals surface area contributed by atoms with Gasteiger partial charge in [0.2, 0.25) is 0 Å². The molecule has 0 aliphatic heterocycles. The van der Waals surface area contributed by atoms with Crippen LogP contribution in [0, 0.1) is 12.7 Å². The van der Waals surface area contributed by atoms with Gasteiger partial charge in [0.05, 0.1) is 11.8 Å². The lowest BCUT2D eigenvalue weighted by molar-refractivity contribution is 0.145. The van der Waals surface area contributed by atoms with E-state index in [2.05, 4.69) is 10.1 Å². The Kier molecular flexibility index (Phi) is 3.00. The normalized spacial score (nSPS) is 12.1. The zero-order valence-corrected chi connectivity index (χ0v) is 8.35. The minimum Gasteiger partial charge on any atom is -0.240 e. The van der Waals surface area contributed by atoms with E-state index in [1.165, 1.54) is 0 Å². The van der Waals surface area contributed by atoms with Crippen LogP contribution in [0.1, 0.15) is 17.6 Å². The number of hydrogen-bond donors (Lipinski definition) is 1. The predicted octanol–water partition coefficient (Wildman–Crippen LogP) is 1.11. The van der Waals surface area contributed by atoms with Gasteiger partial charge in [-0.15, -0.1) is 0 Å². The molecular formula is C7H7F3N2O2S. The molecule has 0 saturated heterocycles. The molecule has 0 bridgehead atoms. The third-order valence-corrected chi connectivity index (χ3v) is 2.64. The first-order valence-electron chi connectivity index (χ1n) is 3.71. The molecule has 1 rings (SSSR count). The fourth-order valence-corrected chi connectivity index (χ4v) is 1.80. The maximum absolute atomic E-state index is 12.9. The highest BCUT2D eigenvalue weighted by Gasteiger charge is 2.26.